The normalized spacial score (nSPS) is 15.3. The molecule has 1 aromatic rings. The molecule has 2 rings (SSSR count). The fourth-order valence-electron chi connectivity index (χ4n) is 2.01. The average Bonchev–Trinajstić information content (AvgIpc) is 3.09. The van der Waals surface area contributed by atoms with Crippen molar-refractivity contribution in [2.24, 2.45) is 5.92 Å². The quantitative estimate of drug-likeness (QED) is 0.858. The number of rotatable bonds is 6. The van der Waals surface area contributed by atoms with Crippen LogP contribution in [0.3, 0.4) is 0 Å². The number of halogens is 1. The molecule has 0 amide bonds. The summed E-state index contributed by atoms with van der Waals surface area (Å²) in [6.07, 6.45) is 2.28. The SMILES string of the molecule is CC(C)(CC(=O)O)c1ccc(OCC2CC2)c(F)c1. The molecule has 1 aromatic carbocycles. The maximum atomic E-state index is 13.9. The number of carbonyl (C=O) groups is 1. The van der Waals surface area contributed by atoms with E-state index in [0.29, 0.717) is 18.1 Å². The van der Waals surface area contributed by atoms with Gasteiger partial charge in [-0.3, -0.25) is 4.79 Å². The van der Waals surface area contributed by atoms with Gasteiger partial charge >= 0.3 is 5.97 Å². The lowest BCUT2D eigenvalue weighted by atomic mass is 9.81. The first-order valence-corrected chi connectivity index (χ1v) is 6.53. The van der Waals surface area contributed by atoms with Crippen molar-refractivity contribution in [3.63, 3.8) is 0 Å². The molecule has 0 radical (unpaired) electrons. The molecule has 0 unspecified atom stereocenters. The van der Waals surface area contributed by atoms with Gasteiger partial charge in [0.05, 0.1) is 13.0 Å². The molecule has 1 fully saturated rings. The van der Waals surface area contributed by atoms with Gasteiger partial charge in [-0.2, -0.15) is 0 Å². The highest BCUT2D eigenvalue weighted by Crippen LogP contribution is 2.32. The summed E-state index contributed by atoms with van der Waals surface area (Å²) in [5.41, 5.74) is 0.0768. The van der Waals surface area contributed by atoms with Crippen molar-refractivity contribution in [1.82, 2.24) is 0 Å². The van der Waals surface area contributed by atoms with Crippen molar-refractivity contribution in [2.45, 2.75) is 38.5 Å². The van der Waals surface area contributed by atoms with Crippen LogP contribution < -0.4 is 4.74 Å². The van der Waals surface area contributed by atoms with Crippen molar-refractivity contribution < 1.29 is 19.0 Å². The lowest BCUT2D eigenvalue weighted by Crippen LogP contribution is -2.21. The zero-order valence-electron chi connectivity index (χ0n) is 11.3. The molecule has 0 aliphatic heterocycles. The summed E-state index contributed by atoms with van der Waals surface area (Å²) in [6, 6.07) is 4.72. The fourth-order valence-corrected chi connectivity index (χ4v) is 2.01. The largest absolute Gasteiger partial charge is 0.490 e. The predicted molar refractivity (Wildman–Crippen MR) is 69.9 cm³/mol. The molecule has 3 nitrogen and oxygen atoms in total. The van der Waals surface area contributed by atoms with Gasteiger partial charge in [-0.15, -0.1) is 0 Å². The van der Waals surface area contributed by atoms with E-state index in [0.717, 1.165) is 12.8 Å². The van der Waals surface area contributed by atoms with Gasteiger partial charge in [0.2, 0.25) is 0 Å². The lowest BCUT2D eigenvalue weighted by Gasteiger charge is -2.23. The number of benzene rings is 1. The lowest BCUT2D eigenvalue weighted by molar-refractivity contribution is -0.138. The molecule has 1 N–H and O–H groups in total. The second-order valence-corrected chi connectivity index (χ2v) is 5.85. The number of carboxylic acid groups (broad SMARTS) is 1. The fraction of sp³-hybridized carbons (Fsp3) is 0.533. The summed E-state index contributed by atoms with van der Waals surface area (Å²) in [6.45, 7) is 4.15. The van der Waals surface area contributed by atoms with E-state index in [-0.39, 0.29) is 12.2 Å². The smallest absolute Gasteiger partial charge is 0.304 e. The zero-order chi connectivity index (χ0) is 14.0. The molecule has 0 aromatic heterocycles. The third-order valence-electron chi connectivity index (χ3n) is 3.48. The Balaban J connectivity index is 2.10. The van der Waals surface area contributed by atoms with E-state index in [9.17, 15) is 9.18 Å². The molecule has 0 saturated heterocycles. The minimum Gasteiger partial charge on any atom is -0.490 e. The molecular formula is C15H19FO3. The van der Waals surface area contributed by atoms with E-state index >= 15 is 0 Å². The van der Waals surface area contributed by atoms with E-state index in [1.165, 1.54) is 6.07 Å². The van der Waals surface area contributed by atoms with Gasteiger partial charge in [0, 0.05) is 5.41 Å². The van der Waals surface area contributed by atoms with Gasteiger partial charge in [-0.1, -0.05) is 19.9 Å². The number of hydrogen-bond acceptors (Lipinski definition) is 2. The van der Waals surface area contributed by atoms with Crippen LogP contribution in [0.5, 0.6) is 5.75 Å². The minimum absolute atomic E-state index is 0.0330. The summed E-state index contributed by atoms with van der Waals surface area (Å²) < 4.78 is 19.3. The van der Waals surface area contributed by atoms with Gasteiger partial charge in [-0.25, -0.2) is 4.39 Å². The summed E-state index contributed by atoms with van der Waals surface area (Å²) in [4.78, 5) is 10.8. The molecule has 1 aliphatic rings. The monoisotopic (exact) mass is 266 g/mol. The number of carboxylic acids is 1. The Morgan fingerprint density at radius 1 is 1.47 bits per heavy atom. The molecule has 4 heteroatoms. The van der Waals surface area contributed by atoms with Crippen LogP contribution in [0, 0.1) is 11.7 Å². The highest BCUT2D eigenvalue weighted by molar-refractivity contribution is 5.68. The number of aliphatic carboxylic acids is 1. The number of ether oxygens (including phenoxy) is 1. The molecular weight excluding hydrogens is 247 g/mol. The van der Waals surface area contributed by atoms with Crippen LogP contribution in [0.25, 0.3) is 0 Å². The van der Waals surface area contributed by atoms with Crippen molar-refractivity contribution in [3.05, 3.63) is 29.6 Å². The van der Waals surface area contributed by atoms with Crippen molar-refractivity contribution >= 4 is 5.97 Å². The Kier molecular flexibility index (Phi) is 3.78. The van der Waals surface area contributed by atoms with Crippen molar-refractivity contribution in [2.75, 3.05) is 6.61 Å². The van der Waals surface area contributed by atoms with Crippen molar-refractivity contribution in [1.29, 1.82) is 0 Å². The maximum Gasteiger partial charge on any atom is 0.304 e. The van der Waals surface area contributed by atoms with E-state index in [1.807, 2.05) is 0 Å². The first-order chi connectivity index (χ1) is 8.88. The van der Waals surface area contributed by atoms with Gasteiger partial charge in [-0.05, 0) is 36.5 Å². The summed E-state index contributed by atoms with van der Waals surface area (Å²) in [5.74, 6) is -0.486. The third kappa shape index (κ3) is 3.69. The standard InChI is InChI=1S/C15H19FO3/c1-15(2,8-14(17)18)11-5-6-13(12(16)7-11)19-9-10-3-4-10/h5-7,10H,3-4,8-9H2,1-2H3,(H,17,18). The predicted octanol–water partition coefficient (Wildman–Crippen LogP) is 3.37. The van der Waals surface area contributed by atoms with Crippen LogP contribution in [-0.2, 0) is 10.2 Å². The first kappa shape index (κ1) is 13.8. The van der Waals surface area contributed by atoms with Gasteiger partial charge in [0.15, 0.2) is 11.6 Å². The third-order valence-corrected chi connectivity index (χ3v) is 3.48. The van der Waals surface area contributed by atoms with Gasteiger partial charge in [0.1, 0.15) is 0 Å². The Morgan fingerprint density at radius 2 is 2.16 bits per heavy atom. The second-order valence-electron chi connectivity index (χ2n) is 5.85. The van der Waals surface area contributed by atoms with E-state index in [2.05, 4.69) is 0 Å². The van der Waals surface area contributed by atoms with E-state index < -0.39 is 17.2 Å². The van der Waals surface area contributed by atoms with Crippen LogP contribution in [0.15, 0.2) is 18.2 Å². The molecule has 0 bridgehead atoms. The van der Waals surface area contributed by atoms with Crippen LogP contribution >= 0.6 is 0 Å². The Labute approximate surface area is 112 Å². The van der Waals surface area contributed by atoms with E-state index in [1.54, 1.807) is 26.0 Å². The summed E-state index contributed by atoms with van der Waals surface area (Å²) >= 11 is 0. The molecule has 1 saturated carbocycles. The topological polar surface area (TPSA) is 46.5 Å². The molecule has 1 aliphatic carbocycles. The Morgan fingerprint density at radius 3 is 2.68 bits per heavy atom. The van der Waals surface area contributed by atoms with Gasteiger partial charge < -0.3 is 9.84 Å². The molecule has 19 heavy (non-hydrogen) atoms. The summed E-state index contributed by atoms with van der Waals surface area (Å²) in [5, 5.41) is 8.87. The maximum absolute atomic E-state index is 13.9. The highest BCUT2D eigenvalue weighted by atomic mass is 19.1. The molecule has 0 spiro atoms. The average molecular weight is 266 g/mol. The zero-order valence-corrected chi connectivity index (χ0v) is 11.3. The van der Waals surface area contributed by atoms with Crippen molar-refractivity contribution in [3.8, 4) is 5.75 Å². The summed E-state index contributed by atoms with van der Waals surface area (Å²) in [7, 11) is 0. The molecule has 0 atom stereocenters. The minimum atomic E-state index is -0.889. The van der Waals surface area contributed by atoms with Crippen LogP contribution in [0.1, 0.15) is 38.7 Å². The van der Waals surface area contributed by atoms with E-state index in [4.69, 9.17) is 9.84 Å². The second kappa shape index (κ2) is 5.19. The Bertz CT molecular complexity index is 478. The Hall–Kier alpha value is -1.58. The first-order valence-electron chi connectivity index (χ1n) is 6.53. The number of hydrogen-bond donors (Lipinski definition) is 1. The van der Waals surface area contributed by atoms with Crippen LogP contribution in [0.2, 0.25) is 0 Å². The highest BCUT2D eigenvalue weighted by Gasteiger charge is 2.26. The van der Waals surface area contributed by atoms with Crippen LogP contribution in [0.4, 0.5) is 4.39 Å². The van der Waals surface area contributed by atoms with Crippen LogP contribution in [-0.4, -0.2) is 17.7 Å². The van der Waals surface area contributed by atoms with Gasteiger partial charge in [0.25, 0.3) is 0 Å². The molecule has 0 heterocycles. The molecule has 104 valence electrons.